The van der Waals surface area contributed by atoms with Crippen LogP contribution in [0.1, 0.15) is 10.4 Å². The zero-order valence-corrected chi connectivity index (χ0v) is 17.7. The molecule has 1 aromatic carbocycles. The molecule has 0 aromatic heterocycles. The first kappa shape index (κ1) is 27.0. The van der Waals surface area contributed by atoms with Crippen LogP contribution in [0, 0.1) is 0 Å². The number of rotatable bonds is 21. The summed E-state index contributed by atoms with van der Waals surface area (Å²) < 4.78 is 36.5. The fourth-order valence-corrected chi connectivity index (χ4v) is 2.11. The molecule has 0 bridgehead atoms. The van der Waals surface area contributed by atoms with Gasteiger partial charge < -0.3 is 38.3 Å². The minimum atomic E-state index is -0.999. The second-order valence-electron chi connectivity index (χ2n) is 6.01. The summed E-state index contributed by atoms with van der Waals surface area (Å²) >= 11 is 0. The van der Waals surface area contributed by atoms with Gasteiger partial charge in [-0.25, -0.2) is 9.59 Å². The second-order valence-corrected chi connectivity index (χ2v) is 6.01. The third kappa shape index (κ3) is 17.3. The fraction of sp³-hybridized carbons (Fsp3) is 0.619. The van der Waals surface area contributed by atoms with E-state index in [2.05, 4.69) is 0 Å². The molecule has 0 saturated heterocycles. The number of benzene rings is 1. The summed E-state index contributed by atoms with van der Waals surface area (Å²) in [7, 11) is 0. The molecule has 0 spiro atoms. The molecule has 0 unspecified atom stereocenters. The van der Waals surface area contributed by atoms with Crippen LogP contribution in [0.25, 0.3) is 0 Å². The lowest BCUT2D eigenvalue weighted by molar-refractivity contribution is -0.142. The van der Waals surface area contributed by atoms with Crippen molar-refractivity contribution in [2.24, 2.45) is 0 Å². The number of esters is 1. The molecule has 0 aliphatic heterocycles. The van der Waals surface area contributed by atoms with E-state index < -0.39 is 5.97 Å². The summed E-state index contributed by atoms with van der Waals surface area (Å²) in [5.74, 6) is -1.36. The first-order valence-electron chi connectivity index (χ1n) is 10.1. The van der Waals surface area contributed by atoms with Crippen molar-refractivity contribution < 1.29 is 47.9 Å². The highest BCUT2D eigenvalue weighted by atomic mass is 16.6. The molecule has 10 heteroatoms. The average Bonchev–Trinajstić information content (AvgIpc) is 2.78. The number of carboxylic acid groups (broad SMARTS) is 1. The van der Waals surface area contributed by atoms with Crippen LogP contribution in [-0.4, -0.2) is 103 Å². The minimum Gasteiger partial charge on any atom is -0.480 e. The average molecular weight is 444 g/mol. The van der Waals surface area contributed by atoms with Gasteiger partial charge >= 0.3 is 11.9 Å². The summed E-state index contributed by atoms with van der Waals surface area (Å²) in [4.78, 5) is 21.9. The molecule has 0 atom stereocenters. The van der Waals surface area contributed by atoms with Gasteiger partial charge in [0, 0.05) is 0 Å². The Morgan fingerprint density at radius 3 is 1.39 bits per heavy atom. The van der Waals surface area contributed by atoms with Crippen LogP contribution in [0.5, 0.6) is 0 Å². The van der Waals surface area contributed by atoms with Gasteiger partial charge in [0.1, 0.15) is 13.2 Å². The smallest absolute Gasteiger partial charge is 0.338 e. The molecule has 1 rings (SSSR count). The Hall–Kier alpha value is -2.08. The summed E-state index contributed by atoms with van der Waals surface area (Å²) in [6, 6.07) is 8.80. The number of ether oxygens (including phenoxy) is 7. The first-order chi connectivity index (χ1) is 15.2. The van der Waals surface area contributed by atoms with Gasteiger partial charge in [0.15, 0.2) is 0 Å². The molecule has 0 amide bonds. The summed E-state index contributed by atoms with van der Waals surface area (Å²) in [6.07, 6.45) is 0. The zero-order valence-electron chi connectivity index (χ0n) is 17.7. The van der Waals surface area contributed by atoms with Gasteiger partial charge in [-0.1, -0.05) is 18.2 Å². The van der Waals surface area contributed by atoms with Crippen LogP contribution in [0.2, 0.25) is 0 Å². The van der Waals surface area contributed by atoms with E-state index in [9.17, 15) is 9.59 Å². The van der Waals surface area contributed by atoms with Gasteiger partial charge in [0.25, 0.3) is 0 Å². The molecule has 1 aromatic rings. The van der Waals surface area contributed by atoms with Crippen LogP contribution < -0.4 is 0 Å². The maximum Gasteiger partial charge on any atom is 0.338 e. The van der Waals surface area contributed by atoms with Gasteiger partial charge in [0.2, 0.25) is 0 Å². The summed E-state index contributed by atoms with van der Waals surface area (Å²) in [5, 5.41) is 8.38. The van der Waals surface area contributed by atoms with Gasteiger partial charge in [-0.2, -0.15) is 0 Å². The van der Waals surface area contributed by atoms with Crippen molar-refractivity contribution in [2.45, 2.75) is 0 Å². The molecule has 0 saturated carbocycles. The van der Waals surface area contributed by atoms with Gasteiger partial charge in [-0.15, -0.1) is 0 Å². The van der Waals surface area contributed by atoms with Crippen molar-refractivity contribution in [3.8, 4) is 0 Å². The molecule has 10 nitrogen and oxygen atoms in total. The number of carbonyl (C=O) groups excluding carboxylic acids is 1. The predicted molar refractivity (Wildman–Crippen MR) is 109 cm³/mol. The van der Waals surface area contributed by atoms with Gasteiger partial charge in [-0.3, -0.25) is 0 Å². The van der Waals surface area contributed by atoms with E-state index in [1.807, 2.05) is 6.07 Å². The second kappa shape index (κ2) is 19.9. The van der Waals surface area contributed by atoms with E-state index in [-0.39, 0.29) is 25.8 Å². The predicted octanol–water partition coefficient (Wildman–Crippen LogP) is 1.03. The molecule has 31 heavy (non-hydrogen) atoms. The van der Waals surface area contributed by atoms with Gasteiger partial charge in [-0.05, 0) is 12.1 Å². The third-order valence-corrected chi connectivity index (χ3v) is 3.56. The van der Waals surface area contributed by atoms with E-state index in [1.54, 1.807) is 24.3 Å². The van der Waals surface area contributed by atoms with Crippen LogP contribution in [-0.2, 0) is 38.0 Å². The lowest BCUT2D eigenvalue weighted by Gasteiger charge is -2.08. The van der Waals surface area contributed by atoms with Crippen molar-refractivity contribution >= 4 is 11.9 Å². The van der Waals surface area contributed by atoms with Crippen LogP contribution in [0.15, 0.2) is 30.3 Å². The van der Waals surface area contributed by atoms with Crippen LogP contribution >= 0.6 is 0 Å². The van der Waals surface area contributed by atoms with Crippen molar-refractivity contribution in [2.75, 3.05) is 85.9 Å². The fourth-order valence-electron chi connectivity index (χ4n) is 2.11. The molecule has 0 heterocycles. The van der Waals surface area contributed by atoms with Crippen molar-refractivity contribution in [3.63, 3.8) is 0 Å². The molecular weight excluding hydrogens is 412 g/mol. The Morgan fingerprint density at radius 1 is 0.581 bits per heavy atom. The molecule has 1 N–H and O–H groups in total. The van der Waals surface area contributed by atoms with E-state index in [4.69, 9.17) is 38.3 Å². The summed E-state index contributed by atoms with van der Waals surface area (Å²) in [5.41, 5.74) is 0.518. The quantitative estimate of drug-likeness (QED) is 0.217. The molecule has 0 aliphatic carbocycles. The molecule has 0 fully saturated rings. The first-order valence-corrected chi connectivity index (χ1v) is 10.1. The highest BCUT2D eigenvalue weighted by molar-refractivity contribution is 5.89. The van der Waals surface area contributed by atoms with E-state index in [0.29, 0.717) is 71.6 Å². The monoisotopic (exact) mass is 444 g/mol. The Kier molecular flexibility index (Phi) is 17.3. The molecule has 0 aliphatic rings. The number of carboxylic acids is 1. The standard InChI is InChI=1S/C21H32O10/c22-20(23)18-30-15-14-28-11-10-26-7-6-25-8-9-27-12-13-29-16-17-31-21(24)19-4-2-1-3-5-19/h1-5H,6-18H2,(H,22,23). The largest absolute Gasteiger partial charge is 0.480 e. The lowest BCUT2D eigenvalue weighted by Crippen LogP contribution is -2.15. The van der Waals surface area contributed by atoms with Crippen LogP contribution in [0.3, 0.4) is 0 Å². The Morgan fingerprint density at radius 2 is 0.968 bits per heavy atom. The minimum absolute atomic E-state index is 0.195. The SMILES string of the molecule is O=C(O)COCCOCCOCCOCCOCCOCCOC(=O)c1ccccc1. The number of carbonyl (C=O) groups is 2. The number of aliphatic carboxylic acids is 1. The van der Waals surface area contributed by atoms with E-state index in [0.717, 1.165) is 0 Å². The molecule has 176 valence electrons. The Balaban J connectivity index is 1.72. The van der Waals surface area contributed by atoms with E-state index in [1.165, 1.54) is 0 Å². The lowest BCUT2D eigenvalue weighted by atomic mass is 10.2. The van der Waals surface area contributed by atoms with Crippen LogP contribution in [0.4, 0.5) is 0 Å². The highest BCUT2D eigenvalue weighted by Gasteiger charge is 2.05. The Bertz CT molecular complexity index is 567. The summed E-state index contributed by atoms with van der Waals surface area (Å²) in [6.45, 7) is 4.24. The van der Waals surface area contributed by atoms with Crippen molar-refractivity contribution in [1.82, 2.24) is 0 Å². The Labute approximate surface area is 182 Å². The zero-order chi connectivity index (χ0) is 22.4. The van der Waals surface area contributed by atoms with Crippen molar-refractivity contribution in [1.29, 1.82) is 0 Å². The molecular formula is C21H32O10. The number of hydrogen-bond acceptors (Lipinski definition) is 9. The third-order valence-electron chi connectivity index (χ3n) is 3.56. The highest BCUT2D eigenvalue weighted by Crippen LogP contribution is 2.00. The van der Waals surface area contributed by atoms with Crippen molar-refractivity contribution in [3.05, 3.63) is 35.9 Å². The molecule has 0 radical (unpaired) electrons. The normalized spacial score (nSPS) is 10.8. The maximum absolute atomic E-state index is 11.7. The van der Waals surface area contributed by atoms with E-state index >= 15 is 0 Å². The topological polar surface area (TPSA) is 119 Å². The van der Waals surface area contributed by atoms with Gasteiger partial charge in [0.05, 0.1) is 78.2 Å². The maximum atomic E-state index is 11.7. The number of hydrogen-bond donors (Lipinski definition) is 1.